The number of carbonyl (C=O) groups is 2. The van der Waals surface area contributed by atoms with Gasteiger partial charge in [0, 0.05) is 17.8 Å². The van der Waals surface area contributed by atoms with E-state index >= 15 is 0 Å². The fourth-order valence-electron chi connectivity index (χ4n) is 2.56. The van der Waals surface area contributed by atoms with Crippen LogP contribution < -0.4 is 0 Å². The molecule has 5 nitrogen and oxygen atoms in total. The molecule has 6 heteroatoms. The quantitative estimate of drug-likeness (QED) is 0.930. The first-order valence-electron chi connectivity index (χ1n) is 6.68. The van der Waals surface area contributed by atoms with E-state index in [1.807, 2.05) is 6.92 Å². The number of rotatable bonds is 3. The highest BCUT2D eigenvalue weighted by Gasteiger charge is 2.36. The van der Waals surface area contributed by atoms with Crippen LogP contribution in [0.25, 0.3) is 0 Å². The number of hydrogen-bond acceptors (Lipinski definition) is 3. The lowest BCUT2D eigenvalue weighted by molar-refractivity contribution is -0.144. The number of hydrogen-bond donors (Lipinski definition) is 1. The SMILES string of the molecule is CCC1CCN(C(=O)c2cc(Cl)ccn2)C(C(=O)O)C1. The number of piperidine rings is 1. The Morgan fingerprint density at radius 2 is 2.30 bits per heavy atom. The van der Waals surface area contributed by atoms with Crippen LogP contribution in [-0.2, 0) is 4.79 Å². The summed E-state index contributed by atoms with van der Waals surface area (Å²) in [6.07, 6.45) is 3.70. The van der Waals surface area contributed by atoms with E-state index < -0.39 is 12.0 Å². The molecule has 2 heterocycles. The third-order valence-electron chi connectivity index (χ3n) is 3.78. The van der Waals surface area contributed by atoms with Crippen LogP contribution in [0, 0.1) is 5.92 Å². The van der Waals surface area contributed by atoms with Crippen LogP contribution in [0.1, 0.15) is 36.7 Å². The molecule has 0 bridgehead atoms. The number of nitrogens with zero attached hydrogens (tertiary/aromatic N) is 2. The second-order valence-electron chi connectivity index (χ2n) is 5.01. The smallest absolute Gasteiger partial charge is 0.326 e. The molecule has 1 fully saturated rings. The molecule has 108 valence electrons. The van der Waals surface area contributed by atoms with Gasteiger partial charge >= 0.3 is 5.97 Å². The van der Waals surface area contributed by atoms with Gasteiger partial charge in [0.1, 0.15) is 11.7 Å². The highest BCUT2D eigenvalue weighted by molar-refractivity contribution is 6.30. The van der Waals surface area contributed by atoms with Crippen LogP contribution in [0.5, 0.6) is 0 Å². The van der Waals surface area contributed by atoms with Crippen molar-refractivity contribution in [2.24, 2.45) is 5.92 Å². The van der Waals surface area contributed by atoms with Gasteiger partial charge in [0.25, 0.3) is 5.91 Å². The summed E-state index contributed by atoms with van der Waals surface area (Å²) in [6, 6.07) is 2.27. The average Bonchev–Trinajstić information content (AvgIpc) is 2.45. The lowest BCUT2D eigenvalue weighted by atomic mass is 9.88. The number of aliphatic carboxylic acids is 1. The summed E-state index contributed by atoms with van der Waals surface area (Å²) in [5.41, 5.74) is 0.193. The first kappa shape index (κ1) is 14.8. The van der Waals surface area contributed by atoms with Gasteiger partial charge in [-0.3, -0.25) is 9.78 Å². The Balaban J connectivity index is 2.21. The summed E-state index contributed by atoms with van der Waals surface area (Å²) in [5.74, 6) is -0.972. The normalized spacial score (nSPS) is 22.6. The molecule has 0 aromatic carbocycles. The van der Waals surface area contributed by atoms with Crippen LogP contribution in [0.15, 0.2) is 18.3 Å². The Morgan fingerprint density at radius 1 is 1.55 bits per heavy atom. The molecule has 1 aromatic heterocycles. The van der Waals surface area contributed by atoms with Crippen molar-refractivity contribution in [2.75, 3.05) is 6.54 Å². The standard InChI is InChI=1S/C14H17ClN2O3/c1-2-9-4-6-17(12(7-9)14(19)20)13(18)11-8-10(15)3-5-16-11/h3,5,8-9,12H,2,4,6-7H2,1H3,(H,19,20). The molecular formula is C14H17ClN2O3. The molecule has 1 aromatic rings. The number of carboxylic acid groups (broad SMARTS) is 1. The second-order valence-corrected chi connectivity index (χ2v) is 5.45. The predicted octanol–water partition coefficient (Wildman–Crippen LogP) is 2.45. The van der Waals surface area contributed by atoms with Crippen LogP contribution in [0.3, 0.4) is 0 Å². The van der Waals surface area contributed by atoms with E-state index in [2.05, 4.69) is 4.98 Å². The number of carboxylic acids is 1. The number of halogens is 1. The second kappa shape index (κ2) is 6.22. The van der Waals surface area contributed by atoms with E-state index in [0.717, 1.165) is 12.8 Å². The summed E-state index contributed by atoms with van der Waals surface area (Å²) in [7, 11) is 0. The molecule has 0 aliphatic carbocycles. The highest BCUT2D eigenvalue weighted by Crippen LogP contribution is 2.27. The Kier molecular flexibility index (Phi) is 4.60. The fourth-order valence-corrected chi connectivity index (χ4v) is 2.71. The minimum Gasteiger partial charge on any atom is -0.480 e. The van der Waals surface area contributed by atoms with Gasteiger partial charge in [-0.2, -0.15) is 0 Å². The number of carbonyl (C=O) groups excluding carboxylic acids is 1. The molecule has 2 unspecified atom stereocenters. The van der Waals surface area contributed by atoms with Gasteiger partial charge in [-0.1, -0.05) is 24.9 Å². The molecule has 0 spiro atoms. The molecule has 0 radical (unpaired) electrons. The summed E-state index contributed by atoms with van der Waals surface area (Å²) < 4.78 is 0. The highest BCUT2D eigenvalue weighted by atomic mass is 35.5. The number of likely N-dealkylation sites (tertiary alicyclic amines) is 1. The molecule has 20 heavy (non-hydrogen) atoms. The third kappa shape index (κ3) is 3.10. The zero-order chi connectivity index (χ0) is 14.7. The number of amides is 1. The van der Waals surface area contributed by atoms with E-state index in [4.69, 9.17) is 11.6 Å². The average molecular weight is 297 g/mol. The first-order valence-corrected chi connectivity index (χ1v) is 7.06. The zero-order valence-electron chi connectivity index (χ0n) is 11.3. The Hall–Kier alpha value is -1.62. The van der Waals surface area contributed by atoms with E-state index in [1.165, 1.54) is 17.2 Å². The molecular weight excluding hydrogens is 280 g/mol. The van der Waals surface area contributed by atoms with Gasteiger partial charge < -0.3 is 10.0 Å². The number of pyridine rings is 1. The van der Waals surface area contributed by atoms with Crippen molar-refractivity contribution in [1.29, 1.82) is 0 Å². The molecule has 2 atom stereocenters. The molecule has 2 rings (SSSR count). The maximum Gasteiger partial charge on any atom is 0.326 e. The Morgan fingerprint density at radius 3 is 2.90 bits per heavy atom. The van der Waals surface area contributed by atoms with Gasteiger partial charge in [-0.15, -0.1) is 0 Å². The summed E-state index contributed by atoms with van der Waals surface area (Å²) in [6.45, 7) is 2.49. The molecule has 1 saturated heterocycles. The van der Waals surface area contributed by atoms with Crippen molar-refractivity contribution in [3.63, 3.8) is 0 Å². The van der Waals surface area contributed by atoms with E-state index in [1.54, 1.807) is 6.07 Å². The van der Waals surface area contributed by atoms with Crippen LogP contribution in [0.2, 0.25) is 5.02 Å². The van der Waals surface area contributed by atoms with E-state index in [9.17, 15) is 14.7 Å². The van der Waals surface area contributed by atoms with Gasteiger partial charge in [0.05, 0.1) is 0 Å². The Bertz CT molecular complexity index is 521. The largest absolute Gasteiger partial charge is 0.480 e. The van der Waals surface area contributed by atoms with Gasteiger partial charge in [0.15, 0.2) is 0 Å². The first-order chi connectivity index (χ1) is 9.52. The molecule has 1 amide bonds. The summed E-state index contributed by atoms with van der Waals surface area (Å²) in [4.78, 5) is 29.2. The van der Waals surface area contributed by atoms with Crippen molar-refractivity contribution in [3.8, 4) is 0 Å². The molecule has 1 aliphatic heterocycles. The van der Waals surface area contributed by atoms with Gasteiger partial charge in [-0.25, -0.2) is 4.79 Å². The van der Waals surface area contributed by atoms with E-state index in [-0.39, 0.29) is 11.6 Å². The summed E-state index contributed by atoms with van der Waals surface area (Å²) in [5, 5.41) is 9.75. The zero-order valence-corrected chi connectivity index (χ0v) is 12.0. The van der Waals surface area contributed by atoms with Crippen LogP contribution >= 0.6 is 11.6 Å². The monoisotopic (exact) mass is 296 g/mol. The van der Waals surface area contributed by atoms with Crippen molar-refractivity contribution >= 4 is 23.5 Å². The molecule has 1 N–H and O–H groups in total. The maximum atomic E-state index is 12.4. The third-order valence-corrected chi connectivity index (χ3v) is 4.01. The van der Waals surface area contributed by atoms with Crippen molar-refractivity contribution in [3.05, 3.63) is 29.0 Å². The van der Waals surface area contributed by atoms with Gasteiger partial charge in [0.2, 0.25) is 0 Å². The van der Waals surface area contributed by atoms with Crippen molar-refractivity contribution < 1.29 is 14.7 Å². The fraction of sp³-hybridized carbons (Fsp3) is 0.500. The van der Waals surface area contributed by atoms with E-state index in [0.29, 0.717) is 23.9 Å². The summed E-state index contributed by atoms with van der Waals surface area (Å²) >= 11 is 5.85. The van der Waals surface area contributed by atoms with Crippen molar-refractivity contribution in [1.82, 2.24) is 9.88 Å². The van der Waals surface area contributed by atoms with Crippen LogP contribution in [0.4, 0.5) is 0 Å². The minimum atomic E-state index is -0.960. The van der Waals surface area contributed by atoms with Crippen LogP contribution in [-0.4, -0.2) is 39.5 Å². The van der Waals surface area contributed by atoms with Crippen molar-refractivity contribution in [2.45, 2.75) is 32.2 Å². The number of aromatic nitrogens is 1. The van der Waals surface area contributed by atoms with Gasteiger partial charge in [-0.05, 0) is 30.9 Å². The molecule has 1 aliphatic rings. The molecule has 0 saturated carbocycles. The topological polar surface area (TPSA) is 70.5 Å². The minimum absolute atomic E-state index is 0.193. The predicted molar refractivity (Wildman–Crippen MR) is 74.7 cm³/mol. The maximum absolute atomic E-state index is 12.4. The lowest BCUT2D eigenvalue weighted by Crippen LogP contribution is -2.50. The lowest BCUT2D eigenvalue weighted by Gasteiger charge is -2.36. The Labute approximate surface area is 122 Å².